The van der Waals surface area contributed by atoms with Crippen LogP contribution in [0.25, 0.3) is 21.1 Å². The summed E-state index contributed by atoms with van der Waals surface area (Å²) < 4.78 is 0. The topological polar surface area (TPSA) is 87.7 Å². The lowest BCUT2D eigenvalue weighted by molar-refractivity contribution is 0.103. The maximum Gasteiger partial charge on any atom is 0.266 e. The molecule has 6 nitrogen and oxygen atoms in total. The fourth-order valence-corrected chi connectivity index (χ4v) is 3.92. The standard InChI is InChI=1S/C18H14N4O2S/c1-9-14-16(23)20-10(2)21-18(14)25-15(9)17(24)22-12-7-11-5-3-4-6-13(11)19-8-12/h3-8H,1-2H3,(H,22,24)(H,20,21,23). The molecule has 0 aliphatic carbocycles. The van der Waals surface area contributed by atoms with Gasteiger partial charge in [0.15, 0.2) is 0 Å². The van der Waals surface area contributed by atoms with Crippen molar-refractivity contribution in [3.05, 3.63) is 63.1 Å². The SMILES string of the molecule is Cc1nc2sc(C(=O)Nc3cnc4ccccc4c3)c(C)c2c(=O)[nH]1. The molecule has 0 aliphatic heterocycles. The second-order valence-electron chi connectivity index (χ2n) is 5.76. The zero-order valence-electron chi connectivity index (χ0n) is 13.6. The number of nitrogens with one attached hydrogen (secondary N) is 2. The van der Waals surface area contributed by atoms with Gasteiger partial charge in [0.05, 0.1) is 27.7 Å². The average Bonchev–Trinajstić information content (AvgIpc) is 2.91. The number of aromatic amines is 1. The maximum atomic E-state index is 12.7. The fourth-order valence-electron chi connectivity index (χ4n) is 2.80. The highest BCUT2D eigenvalue weighted by atomic mass is 32.1. The fraction of sp³-hybridized carbons (Fsp3) is 0.111. The third kappa shape index (κ3) is 2.68. The zero-order valence-corrected chi connectivity index (χ0v) is 14.4. The van der Waals surface area contributed by atoms with E-state index < -0.39 is 0 Å². The molecule has 25 heavy (non-hydrogen) atoms. The van der Waals surface area contributed by atoms with Gasteiger partial charge in [0.2, 0.25) is 0 Å². The molecule has 1 aromatic carbocycles. The Hall–Kier alpha value is -3.06. The van der Waals surface area contributed by atoms with Crippen LogP contribution in [0, 0.1) is 13.8 Å². The minimum atomic E-state index is -0.269. The molecule has 4 rings (SSSR count). The summed E-state index contributed by atoms with van der Waals surface area (Å²) in [6, 6.07) is 9.57. The van der Waals surface area contributed by atoms with E-state index in [2.05, 4.69) is 20.3 Å². The number of rotatable bonds is 2. The van der Waals surface area contributed by atoms with Crippen molar-refractivity contribution in [2.75, 3.05) is 5.32 Å². The average molecular weight is 350 g/mol. The number of fused-ring (bicyclic) bond motifs is 2. The highest BCUT2D eigenvalue weighted by Crippen LogP contribution is 2.28. The summed E-state index contributed by atoms with van der Waals surface area (Å²) in [5.74, 6) is 0.263. The van der Waals surface area contributed by atoms with Crippen molar-refractivity contribution in [2.45, 2.75) is 13.8 Å². The van der Waals surface area contributed by atoms with Crippen LogP contribution in [0.1, 0.15) is 21.1 Å². The van der Waals surface area contributed by atoms with Gasteiger partial charge in [-0.05, 0) is 31.5 Å². The van der Waals surface area contributed by atoms with Gasteiger partial charge in [-0.2, -0.15) is 0 Å². The predicted octanol–water partition coefficient (Wildman–Crippen LogP) is 3.40. The van der Waals surface area contributed by atoms with Crippen LogP contribution in [0.5, 0.6) is 0 Å². The number of amides is 1. The van der Waals surface area contributed by atoms with E-state index in [0.29, 0.717) is 32.2 Å². The molecule has 0 radical (unpaired) electrons. The summed E-state index contributed by atoms with van der Waals surface area (Å²) in [5, 5.41) is 4.27. The molecule has 0 aliphatic rings. The third-order valence-electron chi connectivity index (χ3n) is 3.97. The number of carbonyl (C=O) groups is 1. The molecule has 0 saturated heterocycles. The van der Waals surface area contributed by atoms with E-state index in [-0.39, 0.29) is 11.5 Å². The molecule has 124 valence electrons. The number of pyridine rings is 1. The zero-order chi connectivity index (χ0) is 17.6. The van der Waals surface area contributed by atoms with Crippen LogP contribution < -0.4 is 10.9 Å². The van der Waals surface area contributed by atoms with Crippen LogP contribution >= 0.6 is 11.3 Å². The van der Waals surface area contributed by atoms with E-state index in [1.807, 2.05) is 30.3 Å². The highest BCUT2D eigenvalue weighted by molar-refractivity contribution is 7.20. The van der Waals surface area contributed by atoms with Gasteiger partial charge in [0, 0.05) is 5.39 Å². The first kappa shape index (κ1) is 15.5. The quantitative estimate of drug-likeness (QED) is 0.580. The Morgan fingerprint density at radius 1 is 1.24 bits per heavy atom. The number of nitrogens with zero attached hydrogens (tertiary/aromatic N) is 2. The normalized spacial score (nSPS) is 11.1. The summed E-state index contributed by atoms with van der Waals surface area (Å²) in [7, 11) is 0. The molecule has 4 aromatic rings. The van der Waals surface area contributed by atoms with Crippen molar-refractivity contribution in [3.63, 3.8) is 0 Å². The molecule has 0 fully saturated rings. The van der Waals surface area contributed by atoms with E-state index in [4.69, 9.17) is 0 Å². The maximum absolute atomic E-state index is 12.7. The number of anilines is 1. The summed E-state index contributed by atoms with van der Waals surface area (Å²) in [6.45, 7) is 3.48. The van der Waals surface area contributed by atoms with E-state index in [9.17, 15) is 9.59 Å². The number of hydrogen-bond acceptors (Lipinski definition) is 5. The Balaban J connectivity index is 1.73. The molecule has 0 atom stereocenters. The second kappa shape index (κ2) is 5.78. The lowest BCUT2D eigenvalue weighted by atomic mass is 10.2. The van der Waals surface area contributed by atoms with Crippen LogP contribution in [-0.2, 0) is 0 Å². The molecule has 3 heterocycles. The molecular formula is C18H14N4O2S. The van der Waals surface area contributed by atoms with Gasteiger partial charge in [-0.3, -0.25) is 14.6 Å². The van der Waals surface area contributed by atoms with Crippen LogP contribution in [0.3, 0.4) is 0 Å². The van der Waals surface area contributed by atoms with E-state index in [1.54, 1.807) is 20.0 Å². The molecule has 2 N–H and O–H groups in total. The van der Waals surface area contributed by atoms with Crippen LogP contribution in [0.2, 0.25) is 0 Å². The first-order valence-electron chi connectivity index (χ1n) is 7.69. The molecule has 3 aromatic heterocycles. The highest BCUT2D eigenvalue weighted by Gasteiger charge is 2.19. The second-order valence-corrected chi connectivity index (χ2v) is 6.76. The summed E-state index contributed by atoms with van der Waals surface area (Å²) in [6.07, 6.45) is 1.62. The van der Waals surface area contributed by atoms with Gasteiger partial charge in [-0.25, -0.2) is 4.98 Å². The van der Waals surface area contributed by atoms with E-state index in [1.165, 1.54) is 11.3 Å². The minimum Gasteiger partial charge on any atom is -0.320 e. The minimum absolute atomic E-state index is 0.220. The Morgan fingerprint density at radius 2 is 2.04 bits per heavy atom. The summed E-state index contributed by atoms with van der Waals surface area (Å²) in [4.78, 5) is 37.2. The monoisotopic (exact) mass is 350 g/mol. The molecule has 0 saturated carbocycles. The lowest BCUT2D eigenvalue weighted by Crippen LogP contribution is -2.12. The molecular weight excluding hydrogens is 336 g/mol. The first-order valence-corrected chi connectivity index (χ1v) is 8.51. The molecule has 0 unspecified atom stereocenters. The molecule has 0 bridgehead atoms. The van der Waals surface area contributed by atoms with Crippen LogP contribution in [-0.4, -0.2) is 20.9 Å². The number of carbonyl (C=O) groups excluding carboxylic acids is 1. The number of aryl methyl sites for hydroxylation is 2. The summed E-state index contributed by atoms with van der Waals surface area (Å²) >= 11 is 1.22. The molecule has 1 amide bonds. The number of hydrogen-bond donors (Lipinski definition) is 2. The van der Waals surface area contributed by atoms with Crippen molar-refractivity contribution in [2.24, 2.45) is 0 Å². The van der Waals surface area contributed by atoms with Gasteiger partial charge in [0.1, 0.15) is 10.7 Å². The Kier molecular flexibility index (Phi) is 3.58. The number of H-pyrrole nitrogens is 1. The van der Waals surface area contributed by atoms with Crippen molar-refractivity contribution in [1.29, 1.82) is 0 Å². The molecule has 0 spiro atoms. The van der Waals surface area contributed by atoms with Gasteiger partial charge in [0.25, 0.3) is 11.5 Å². The number of aromatic nitrogens is 3. The van der Waals surface area contributed by atoms with Crippen molar-refractivity contribution < 1.29 is 4.79 Å². The Morgan fingerprint density at radius 3 is 2.88 bits per heavy atom. The third-order valence-corrected chi connectivity index (χ3v) is 5.16. The largest absolute Gasteiger partial charge is 0.320 e. The van der Waals surface area contributed by atoms with Crippen molar-refractivity contribution >= 4 is 44.1 Å². The number of benzene rings is 1. The van der Waals surface area contributed by atoms with Gasteiger partial charge in [-0.15, -0.1) is 11.3 Å². The Labute approximate surface area is 146 Å². The van der Waals surface area contributed by atoms with Crippen molar-refractivity contribution in [3.8, 4) is 0 Å². The number of thiophene rings is 1. The Bertz CT molecular complexity index is 1190. The van der Waals surface area contributed by atoms with Gasteiger partial charge in [-0.1, -0.05) is 18.2 Å². The molecule has 7 heteroatoms. The lowest BCUT2D eigenvalue weighted by Gasteiger charge is -2.05. The number of para-hydroxylation sites is 1. The van der Waals surface area contributed by atoms with Crippen LogP contribution in [0.4, 0.5) is 5.69 Å². The van der Waals surface area contributed by atoms with E-state index >= 15 is 0 Å². The smallest absolute Gasteiger partial charge is 0.266 e. The van der Waals surface area contributed by atoms with Gasteiger partial charge < -0.3 is 10.3 Å². The van der Waals surface area contributed by atoms with Crippen LogP contribution in [0.15, 0.2) is 41.3 Å². The summed E-state index contributed by atoms with van der Waals surface area (Å²) in [5.41, 5.74) is 1.89. The van der Waals surface area contributed by atoms with Crippen molar-refractivity contribution in [1.82, 2.24) is 15.0 Å². The van der Waals surface area contributed by atoms with Gasteiger partial charge >= 0.3 is 0 Å². The van der Waals surface area contributed by atoms with E-state index in [0.717, 1.165) is 10.9 Å². The predicted molar refractivity (Wildman–Crippen MR) is 99.4 cm³/mol. The first-order chi connectivity index (χ1) is 12.0.